The summed E-state index contributed by atoms with van der Waals surface area (Å²) in [5.41, 5.74) is 2.81. The monoisotopic (exact) mass is 525 g/mol. The van der Waals surface area contributed by atoms with Crippen molar-refractivity contribution in [1.82, 2.24) is 4.57 Å². The van der Waals surface area contributed by atoms with Gasteiger partial charge in [0.1, 0.15) is 12.4 Å². The molecule has 0 aliphatic heterocycles. The highest BCUT2D eigenvalue weighted by Gasteiger charge is 2.19. The number of carboxylic acids is 1. The highest BCUT2D eigenvalue weighted by atomic mass is 16.5. The molecule has 39 heavy (non-hydrogen) atoms. The van der Waals surface area contributed by atoms with E-state index in [0.29, 0.717) is 27.8 Å². The molecule has 0 fully saturated rings. The van der Waals surface area contributed by atoms with Gasteiger partial charge < -0.3 is 14.4 Å². The Bertz CT molecular complexity index is 1420. The van der Waals surface area contributed by atoms with E-state index in [-0.39, 0.29) is 30.3 Å². The van der Waals surface area contributed by atoms with Crippen LogP contribution < -0.4 is 4.74 Å². The van der Waals surface area contributed by atoms with Gasteiger partial charge in [-0.05, 0) is 48.7 Å². The maximum Gasteiger partial charge on any atom is 0.335 e. The van der Waals surface area contributed by atoms with Crippen molar-refractivity contribution in [2.75, 3.05) is 6.61 Å². The molecule has 6 heteroatoms. The average molecular weight is 526 g/mol. The summed E-state index contributed by atoms with van der Waals surface area (Å²) in [7, 11) is 0. The number of carbonyl (C=O) groups is 3. The lowest BCUT2D eigenvalue weighted by Gasteiger charge is -2.08. The maximum absolute atomic E-state index is 13.2. The Balaban J connectivity index is 1.40. The molecule has 202 valence electrons. The van der Waals surface area contributed by atoms with Gasteiger partial charge in [-0.25, -0.2) is 4.79 Å². The van der Waals surface area contributed by atoms with Crippen molar-refractivity contribution in [1.29, 1.82) is 0 Å². The third-order valence-electron chi connectivity index (χ3n) is 6.90. The molecule has 0 saturated carbocycles. The first kappa shape index (κ1) is 27.8. The zero-order valence-corrected chi connectivity index (χ0v) is 22.4. The summed E-state index contributed by atoms with van der Waals surface area (Å²) in [6.07, 6.45) is 10.3. The number of hydrogen-bond acceptors (Lipinski definition) is 4. The highest BCUT2D eigenvalue weighted by Crippen LogP contribution is 2.26. The van der Waals surface area contributed by atoms with Crippen LogP contribution in [0.25, 0.3) is 10.9 Å². The van der Waals surface area contributed by atoms with Crippen LogP contribution in [-0.4, -0.2) is 33.8 Å². The summed E-state index contributed by atoms with van der Waals surface area (Å²) >= 11 is 0. The van der Waals surface area contributed by atoms with Crippen molar-refractivity contribution in [2.45, 2.75) is 58.4 Å². The van der Waals surface area contributed by atoms with Gasteiger partial charge in [0.2, 0.25) is 0 Å². The number of ketones is 2. The number of nitrogens with zero attached hydrogens (tertiary/aromatic N) is 1. The van der Waals surface area contributed by atoms with Crippen LogP contribution in [0.15, 0.2) is 79.0 Å². The fraction of sp³-hybridized carbons (Fsp3) is 0.303. The van der Waals surface area contributed by atoms with Crippen molar-refractivity contribution in [3.63, 3.8) is 0 Å². The molecule has 1 heterocycles. The smallest absolute Gasteiger partial charge is 0.335 e. The predicted molar refractivity (Wildman–Crippen MR) is 153 cm³/mol. The predicted octanol–water partition coefficient (Wildman–Crippen LogP) is 7.12. The summed E-state index contributed by atoms with van der Waals surface area (Å²) < 4.78 is 7.43. The quantitative estimate of drug-likeness (QED) is 0.132. The Kier molecular flexibility index (Phi) is 9.68. The van der Waals surface area contributed by atoms with E-state index >= 15 is 0 Å². The van der Waals surface area contributed by atoms with Crippen LogP contribution in [0, 0.1) is 0 Å². The van der Waals surface area contributed by atoms with Crippen LogP contribution in [0.3, 0.4) is 0 Å². The Morgan fingerprint density at radius 3 is 2.26 bits per heavy atom. The molecular weight excluding hydrogens is 490 g/mol. The minimum Gasteiger partial charge on any atom is -0.486 e. The first-order valence-corrected chi connectivity index (χ1v) is 13.7. The average Bonchev–Trinajstić information content (AvgIpc) is 3.31. The van der Waals surface area contributed by atoms with Gasteiger partial charge in [-0.2, -0.15) is 0 Å². The Morgan fingerprint density at radius 2 is 1.54 bits per heavy atom. The van der Waals surface area contributed by atoms with E-state index in [4.69, 9.17) is 4.74 Å². The van der Waals surface area contributed by atoms with E-state index in [1.165, 1.54) is 56.2 Å². The molecular formula is C33H35NO5. The number of aryl methyl sites for hydroxylation is 1. The molecule has 0 amide bonds. The van der Waals surface area contributed by atoms with E-state index in [1.807, 2.05) is 30.3 Å². The number of ether oxygens (including phenoxy) is 1. The van der Waals surface area contributed by atoms with Gasteiger partial charge in [0.15, 0.2) is 11.6 Å². The van der Waals surface area contributed by atoms with Crippen molar-refractivity contribution in [2.24, 2.45) is 0 Å². The second-order valence-corrected chi connectivity index (χ2v) is 9.89. The van der Waals surface area contributed by atoms with Gasteiger partial charge in [-0.15, -0.1) is 0 Å². The number of rotatable bonds is 15. The third kappa shape index (κ3) is 7.44. The summed E-state index contributed by atoms with van der Waals surface area (Å²) in [5, 5.41) is 9.96. The number of unbranched alkanes of at least 4 members (excludes halogenated alkanes) is 5. The number of carbonyl (C=O) groups excluding carboxylic acids is 2. The van der Waals surface area contributed by atoms with E-state index in [0.717, 1.165) is 6.42 Å². The third-order valence-corrected chi connectivity index (χ3v) is 6.90. The molecule has 0 spiro atoms. The van der Waals surface area contributed by atoms with Crippen LogP contribution in [0.5, 0.6) is 5.75 Å². The highest BCUT2D eigenvalue weighted by molar-refractivity contribution is 6.17. The molecule has 0 radical (unpaired) electrons. The Morgan fingerprint density at radius 1 is 0.821 bits per heavy atom. The molecule has 0 aliphatic rings. The molecule has 6 nitrogen and oxygen atoms in total. The van der Waals surface area contributed by atoms with Crippen LogP contribution >= 0.6 is 0 Å². The minimum atomic E-state index is -1.08. The summed E-state index contributed by atoms with van der Waals surface area (Å²) in [6.45, 7) is 2.12. The van der Waals surface area contributed by atoms with Gasteiger partial charge in [0.25, 0.3) is 0 Å². The summed E-state index contributed by atoms with van der Waals surface area (Å²) in [6, 6.07) is 21.3. The van der Waals surface area contributed by atoms with Crippen LogP contribution in [0.2, 0.25) is 0 Å². The normalized spacial score (nSPS) is 11.0. The lowest BCUT2D eigenvalue weighted by molar-refractivity contribution is -0.121. The largest absolute Gasteiger partial charge is 0.486 e. The van der Waals surface area contributed by atoms with Gasteiger partial charge >= 0.3 is 5.97 Å². The Labute approximate surface area is 229 Å². The molecule has 3 aromatic carbocycles. The number of fused-ring (bicyclic) bond motifs is 1. The van der Waals surface area contributed by atoms with Crippen molar-refractivity contribution in [3.05, 3.63) is 101 Å². The Hall–Kier alpha value is -4.19. The summed E-state index contributed by atoms with van der Waals surface area (Å²) in [4.78, 5) is 37.6. The van der Waals surface area contributed by atoms with E-state index in [1.54, 1.807) is 41.1 Å². The zero-order chi connectivity index (χ0) is 27.6. The zero-order valence-electron chi connectivity index (χ0n) is 22.4. The van der Waals surface area contributed by atoms with E-state index < -0.39 is 5.97 Å². The first-order chi connectivity index (χ1) is 19.0. The molecule has 1 aromatic heterocycles. The standard InChI is InChI=1S/C33H35NO5/c1-2-3-4-5-6-8-11-24-14-17-28(18-15-24)39-23-27(35)21-34-22-30(32(36)25-12-9-7-10-13-25)29-20-26(33(37)38)16-19-31(29)34/h7,9-10,12-20,22H,2-6,8,11,21,23H2,1H3,(H,37,38). The van der Waals surface area contributed by atoms with Crippen molar-refractivity contribution < 1.29 is 24.2 Å². The first-order valence-electron chi connectivity index (χ1n) is 13.7. The fourth-order valence-electron chi connectivity index (χ4n) is 4.75. The number of aromatic carboxylic acids is 1. The lowest BCUT2D eigenvalue weighted by Crippen LogP contribution is -2.17. The van der Waals surface area contributed by atoms with Gasteiger partial charge in [0.05, 0.1) is 12.1 Å². The number of hydrogen-bond donors (Lipinski definition) is 1. The topological polar surface area (TPSA) is 85.6 Å². The second-order valence-electron chi connectivity index (χ2n) is 9.89. The second kappa shape index (κ2) is 13.6. The molecule has 4 aromatic rings. The van der Waals surface area contributed by atoms with Gasteiger partial charge in [-0.3, -0.25) is 9.59 Å². The molecule has 0 saturated heterocycles. The molecule has 0 atom stereocenters. The van der Waals surface area contributed by atoms with Crippen LogP contribution in [-0.2, 0) is 17.8 Å². The number of aromatic nitrogens is 1. The van der Waals surface area contributed by atoms with E-state index in [9.17, 15) is 19.5 Å². The van der Waals surface area contributed by atoms with Crippen molar-refractivity contribution in [3.8, 4) is 5.75 Å². The minimum absolute atomic E-state index is 0.00109. The number of benzene rings is 3. The molecule has 0 unspecified atom stereocenters. The van der Waals surface area contributed by atoms with Gasteiger partial charge in [-0.1, -0.05) is 81.5 Å². The SMILES string of the molecule is CCCCCCCCc1ccc(OCC(=O)Cn2cc(C(=O)c3ccccc3)c3cc(C(=O)O)ccc32)cc1. The molecule has 1 N–H and O–H groups in total. The molecule has 0 aliphatic carbocycles. The fourth-order valence-corrected chi connectivity index (χ4v) is 4.75. The van der Waals surface area contributed by atoms with Crippen LogP contribution in [0.1, 0.15) is 77.3 Å². The van der Waals surface area contributed by atoms with Gasteiger partial charge in [0, 0.05) is 28.2 Å². The van der Waals surface area contributed by atoms with Crippen molar-refractivity contribution >= 4 is 28.4 Å². The molecule has 4 rings (SSSR count). The van der Waals surface area contributed by atoms with E-state index in [2.05, 4.69) is 6.92 Å². The number of carboxylic acid groups (broad SMARTS) is 1. The van der Waals surface area contributed by atoms with Crippen LogP contribution in [0.4, 0.5) is 0 Å². The number of Topliss-reactive ketones (excluding diaryl/α,β-unsaturated/α-hetero) is 1. The summed E-state index contributed by atoms with van der Waals surface area (Å²) in [5.74, 6) is -0.834. The maximum atomic E-state index is 13.2. The molecule has 0 bridgehead atoms. The lowest BCUT2D eigenvalue weighted by atomic mass is 10.0.